The van der Waals surface area contributed by atoms with E-state index in [-0.39, 0.29) is 0 Å². The van der Waals surface area contributed by atoms with Crippen LogP contribution in [0.3, 0.4) is 0 Å². The smallest absolute Gasteiger partial charge is 0.0694 e. The van der Waals surface area contributed by atoms with Crippen molar-refractivity contribution in [1.29, 1.82) is 0 Å². The molecule has 0 spiro atoms. The lowest BCUT2D eigenvalue weighted by Gasteiger charge is -2.21. The van der Waals surface area contributed by atoms with Crippen molar-refractivity contribution in [3.05, 3.63) is 47.5 Å². The molecule has 14 heavy (non-hydrogen) atoms. The van der Waals surface area contributed by atoms with E-state index in [0.29, 0.717) is 12.8 Å². The van der Waals surface area contributed by atoms with Crippen molar-refractivity contribution < 1.29 is 5.11 Å². The summed E-state index contributed by atoms with van der Waals surface area (Å²) in [5.74, 6) is 0. The van der Waals surface area contributed by atoms with Gasteiger partial charge in [-0.2, -0.15) is 0 Å². The largest absolute Gasteiger partial charge is 0.390 e. The van der Waals surface area contributed by atoms with Crippen molar-refractivity contribution in [2.45, 2.75) is 25.4 Å². The van der Waals surface area contributed by atoms with Gasteiger partial charge in [-0.25, -0.2) is 0 Å². The number of rotatable bonds is 4. The fourth-order valence-corrected chi connectivity index (χ4v) is 1.55. The van der Waals surface area contributed by atoms with E-state index < -0.39 is 5.60 Å². The summed E-state index contributed by atoms with van der Waals surface area (Å²) in [5.41, 5.74) is 0.372. The van der Waals surface area contributed by atoms with Crippen molar-refractivity contribution in [2.75, 3.05) is 0 Å². The van der Waals surface area contributed by atoms with Crippen LogP contribution in [0.4, 0.5) is 0 Å². The van der Waals surface area contributed by atoms with Crippen LogP contribution in [0.5, 0.6) is 0 Å². The zero-order chi connectivity index (χ0) is 10.6. The molecule has 0 aromatic heterocycles. The Morgan fingerprint density at radius 2 is 2.00 bits per heavy atom. The molecule has 0 aliphatic rings. The Labute approximate surface area is 90.0 Å². The summed E-state index contributed by atoms with van der Waals surface area (Å²) in [6.07, 6.45) is 2.95. The molecule has 1 atom stereocenters. The minimum absolute atomic E-state index is 0.593. The van der Waals surface area contributed by atoms with Gasteiger partial charge in [-0.05, 0) is 31.0 Å². The average molecular weight is 211 g/mol. The second-order valence-corrected chi connectivity index (χ2v) is 4.23. The van der Waals surface area contributed by atoms with Crippen LogP contribution in [0.1, 0.15) is 18.9 Å². The van der Waals surface area contributed by atoms with Crippen molar-refractivity contribution in [3.63, 3.8) is 0 Å². The zero-order valence-electron chi connectivity index (χ0n) is 8.33. The lowest BCUT2D eigenvalue weighted by atomic mass is 9.93. The first-order chi connectivity index (χ1) is 6.53. The Morgan fingerprint density at radius 1 is 1.43 bits per heavy atom. The second kappa shape index (κ2) is 4.63. The topological polar surface area (TPSA) is 20.2 Å². The van der Waals surface area contributed by atoms with E-state index in [9.17, 15) is 5.11 Å². The van der Waals surface area contributed by atoms with Crippen LogP contribution in [0.15, 0.2) is 36.9 Å². The summed E-state index contributed by atoms with van der Waals surface area (Å²) in [6, 6.07) is 7.53. The Kier molecular flexibility index (Phi) is 3.73. The van der Waals surface area contributed by atoms with Crippen LogP contribution in [0.25, 0.3) is 0 Å². The highest BCUT2D eigenvalue weighted by Crippen LogP contribution is 2.18. The Morgan fingerprint density at radius 3 is 2.50 bits per heavy atom. The monoisotopic (exact) mass is 210 g/mol. The van der Waals surface area contributed by atoms with Crippen molar-refractivity contribution in [1.82, 2.24) is 0 Å². The van der Waals surface area contributed by atoms with Gasteiger partial charge in [-0.1, -0.05) is 29.8 Å². The average Bonchev–Trinajstić information content (AvgIpc) is 2.08. The van der Waals surface area contributed by atoms with Gasteiger partial charge in [0, 0.05) is 11.4 Å². The molecule has 0 aliphatic carbocycles. The van der Waals surface area contributed by atoms with E-state index in [4.69, 9.17) is 11.6 Å². The predicted molar refractivity (Wildman–Crippen MR) is 60.6 cm³/mol. The molecular weight excluding hydrogens is 196 g/mol. The lowest BCUT2D eigenvalue weighted by Crippen LogP contribution is -2.26. The lowest BCUT2D eigenvalue weighted by molar-refractivity contribution is 0.0637. The van der Waals surface area contributed by atoms with Gasteiger partial charge in [0.25, 0.3) is 0 Å². The van der Waals surface area contributed by atoms with Gasteiger partial charge in [0.05, 0.1) is 5.60 Å². The second-order valence-electron chi connectivity index (χ2n) is 3.79. The van der Waals surface area contributed by atoms with Crippen molar-refractivity contribution in [2.24, 2.45) is 0 Å². The Bertz CT molecular complexity index is 301. The molecule has 1 aromatic rings. The fraction of sp³-hybridized carbons (Fsp3) is 0.333. The van der Waals surface area contributed by atoms with Gasteiger partial charge in [0.1, 0.15) is 0 Å². The molecule has 0 amide bonds. The minimum atomic E-state index is -0.713. The van der Waals surface area contributed by atoms with E-state index in [1.54, 1.807) is 6.08 Å². The van der Waals surface area contributed by atoms with Gasteiger partial charge in [0.2, 0.25) is 0 Å². The van der Waals surface area contributed by atoms with Crippen LogP contribution in [-0.4, -0.2) is 10.7 Å². The van der Waals surface area contributed by atoms with Crippen LogP contribution >= 0.6 is 11.6 Å². The van der Waals surface area contributed by atoms with Crippen molar-refractivity contribution in [3.8, 4) is 0 Å². The summed E-state index contributed by atoms with van der Waals surface area (Å²) < 4.78 is 0. The Balaban J connectivity index is 2.68. The molecule has 2 heteroatoms. The highest BCUT2D eigenvalue weighted by atomic mass is 35.5. The molecule has 0 saturated carbocycles. The summed E-state index contributed by atoms with van der Waals surface area (Å²) in [5, 5.41) is 10.7. The fourth-order valence-electron chi connectivity index (χ4n) is 1.43. The highest BCUT2D eigenvalue weighted by molar-refractivity contribution is 6.30. The van der Waals surface area contributed by atoms with Crippen LogP contribution in [-0.2, 0) is 6.42 Å². The maximum absolute atomic E-state index is 9.93. The molecule has 76 valence electrons. The molecule has 0 aliphatic heterocycles. The molecule has 0 bridgehead atoms. The minimum Gasteiger partial charge on any atom is -0.390 e. The zero-order valence-corrected chi connectivity index (χ0v) is 9.09. The maximum atomic E-state index is 9.93. The van der Waals surface area contributed by atoms with Gasteiger partial charge in [-0.15, -0.1) is 6.58 Å². The van der Waals surface area contributed by atoms with Crippen molar-refractivity contribution >= 4 is 11.6 Å². The van der Waals surface area contributed by atoms with E-state index in [1.807, 2.05) is 31.2 Å². The summed E-state index contributed by atoms with van der Waals surface area (Å²) in [7, 11) is 0. The quantitative estimate of drug-likeness (QED) is 0.757. The van der Waals surface area contributed by atoms with E-state index >= 15 is 0 Å². The molecule has 0 radical (unpaired) electrons. The predicted octanol–water partition coefficient (Wildman–Crippen LogP) is 3.21. The molecule has 1 unspecified atom stereocenters. The SMILES string of the molecule is C=CCC(C)(O)Cc1ccc(Cl)cc1. The van der Waals surface area contributed by atoms with Crippen LogP contribution < -0.4 is 0 Å². The number of benzene rings is 1. The molecule has 1 aromatic carbocycles. The van der Waals surface area contributed by atoms with Crippen LogP contribution in [0, 0.1) is 0 Å². The molecule has 1 nitrogen and oxygen atoms in total. The number of halogens is 1. The van der Waals surface area contributed by atoms with Gasteiger partial charge < -0.3 is 5.11 Å². The summed E-state index contributed by atoms with van der Waals surface area (Å²) >= 11 is 5.77. The third kappa shape index (κ3) is 3.52. The molecular formula is C12H15ClO. The van der Waals surface area contributed by atoms with Crippen LogP contribution in [0.2, 0.25) is 5.02 Å². The van der Waals surface area contributed by atoms with Gasteiger partial charge in [-0.3, -0.25) is 0 Å². The number of hydrogen-bond acceptors (Lipinski definition) is 1. The standard InChI is InChI=1S/C12H15ClO/c1-3-8-12(2,14)9-10-4-6-11(13)7-5-10/h3-7,14H,1,8-9H2,2H3. The summed E-state index contributed by atoms with van der Waals surface area (Å²) in [4.78, 5) is 0. The molecule has 1 N–H and O–H groups in total. The first-order valence-corrected chi connectivity index (χ1v) is 4.99. The van der Waals surface area contributed by atoms with Gasteiger partial charge in [0.15, 0.2) is 0 Å². The third-order valence-corrected chi connectivity index (χ3v) is 2.33. The van der Waals surface area contributed by atoms with Gasteiger partial charge >= 0.3 is 0 Å². The van der Waals surface area contributed by atoms with E-state index in [1.165, 1.54) is 0 Å². The third-order valence-electron chi connectivity index (χ3n) is 2.08. The first kappa shape index (κ1) is 11.3. The maximum Gasteiger partial charge on any atom is 0.0694 e. The highest BCUT2D eigenvalue weighted by Gasteiger charge is 2.18. The summed E-state index contributed by atoms with van der Waals surface area (Å²) in [6.45, 7) is 5.43. The number of hydrogen-bond donors (Lipinski definition) is 1. The van der Waals surface area contributed by atoms with E-state index in [0.717, 1.165) is 10.6 Å². The number of aliphatic hydroxyl groups is 1. The molecule has 0 saturated heterocycles. The molecule has 0 heterocycles. The van der Waals surface area contributed by atoms with E-state index in [2.05, 4.69) is 6.58 Å². The first-order valence-electron chi connectivity index (χ1n) is 4.61. The molecule has 0 fully saturated rings. The normalized spacial score (nSPS) is 14.8. The molecule has 1 rings (SSSR count). The Hall–Kier alpha value is -0.790.